The number of pyridine rings is 2. The zero-order valence-electron chi connectivity index (χ0n) is 17.9. The zero-order chi connectivity index (χ0) is 26.2. The lowest BCUT2D eigenvalue weighted by atomic mass is 9.99. The minimum absolute atomic E-state index is 0.0126. The number of hydrogen-bond donors (Lipinski definition) is 0. The molecular formula is C26H6N10. The van der Waals surface area contributed by atoms with Crippen molar-refractivity contribution in [2.45, 2.75) is 0 Å². The van der Waals surface area contributed by atoms with Gasteiger partial charge in [0.1, 0.15) is 48.0 Å². The van der Waals surface area contributed by atoms with Gasteiger partial charge in [-0.2, -0.15) is 42.1 Å². The lowest BCUT2D eigenvalue weighted by molar-refractivity contribution is 1.28. The van der Waals surface area contributed by atoms with Crippen LogP contribution in [0.1, 0.15) is 44.8 Å². The highest BCUT2D eigenvalue weighted by Crippen LogP contribution is 2.25. The van der Waals surface area contributed by atoms with E-state index in [-0.39, 0.29) is 44.8 Å². The van der Waals surface area contributed by atoms with Crippen LogP contribution in [0.15, 0.2) is 36.4 Å². The van der Waals surface area contributed by atoms with Crippen LogP contribution >= 0.6 is 0 Å². The van der Waals surface area contributed by atoms with Crippen molar-refractivity contribution in [3.8, 4) is 48.6 Å². The average molecular weight is 458 g/mol. The highest BCUT2D eigenvalue weighted by molar-refractivity contribution is 5.92. The Bertz CT molecular complexity index is 1920. The Balaban J connectivity index is 0.000000201. The van der Waals surface area contributed by atoms with E-state index in [2.05, 4.69) is 9.97 Å². The maximum absolute atomic E-state index is 9.14. The van der Waals surface area contributed by atoms with E-state index in [1.54, 1.807) is 30.3 Å². The molecule has 0 saturated carbocycles. The maximum Gasteiger partial charge on any atom is 0.160 e. The first kappa shape index (κ1) is 23.8. The van der Waals surface area contributed by atoms with Crippen molar-refractivity contribution >= 4 is 21.8 Å². The molecule has 160 valence electrons. The van der Waals surface area contributed by atoms with Crippen LogP contribution < -0.4 is 0 Å². The Morgan fingerprint density at radius 3 is 1.64 bits per heavy atom. The van der Waals surface area contributed by atoms with Crippen LogP contribution in [0.4, 0.5) is 0 Å². The second-order valence-electron chi connectivity index (χ2n) is 6.74. The SMILES string of the molecule is N#Cc1cc2c(C#N)c(C#N)ccc2nc1C#N.N#Cc1nc2cccc(C#N)c2c(C#N)c1C#N. The fourth-order valence-corrected chi connectivity index (χ4v) is 3.34. The molecule has 36 heavy (non-hydrogen) atoms. The van der Waals surface area contributed by atoms with Gasteiger partial charge in [-0.05, 0) is 30.3 Å². The van der Waals surface area contributed by atoms with Gasteiger partial charge in [0.05, 0.1) is 44.9 Å². The van der Waals surface area contributed by atoms with Gasteiger partial charge in [-0.15, -0.1) is 0 Å². The summed E-state index contributed by atoms with van der Waals surface area (Å²) in [5.74, 6) is 0. The molecule has 4 aromatic rings. The van der Waals surface area contributed by atoms with Crippen molar-refractivity contribution in [2.24, 2.45) is 0 Å². The fourth-order valence-electron chi connectivity index (χ4n) is 3.34. The molecule has 2 heterocycles. The van der Waals surface area contributed by atoms with Gasteiger partial charge >= 0.3 is 0 Å². The second-order valence-corrected chi connectivity index (χ2v) is 6.74. The Kier molecular flexibility index (Phi) is 6.75. The maximum atomic E-state index is 9.14. The van der Waals surface area contributed by atoms with Crippen LogP contribution in [0.2, 0.25) is 0 Å². The van der Waals surface area contributed by atoms with Crippen molar-refractivity contribution < 1.29 is 0 Å². The van der Waals surface area contributed by atoms with Crippen molar-refractivity contribution in [1.82, 2.24) is 9.97 Å². The summed E-state index contributed by atoms with van der Waals surface area (Å²) in [5, 5.41) is 72.5. The molecule has 0 amide bonds. The van der Waals surface area contributed by atoms with Gasteiger partial charge in [0.15, 0.2) is 11.4 Å². The lowest BCUT2D eigenvalue weighted by Gasteiger charge is -2.04. The molecule has 10 heteroatoms. The fraction of sp³-hybridized carbons (Fsp3) is 0. The molecular weight excluding hydrogens is 452 g/mol. The molecule has 0 aliphatic heterocycles. The van der Waals surface area contributed by atoms with Gasteiger partial charge in [0, 0.05) is 10.8 Å². The molecule has 4 rings (SSSR count). The highest BCUT2D eigenvalue weighted by atomic mass is 14.7. The van der Waals surface area contributed by atoms with E-state index < -0.39 is 0 Å². The summed E-state index contributed by atoms with van der Waals surface area (Å²) < 4.78 is 0. The predicted molar refractivity (Wildman–Crippen MR) is 121 cm³/mol. The zero-order valence-corrected chi connectivity index (χ0v) is 17.9. The Labute approximate surface area is 203 Å². The third kappa shape index (κ3) is 4.01. The summed E-state index contributed by atoms with van der Waals surface area (Å²) in [7, 11) is 0. The number of aromatic nitrogens is 2. The molecule has 0 radical (unpaired) electrons. The van der Waals surface area contributed by atoms with E-state index in [9.17, 15) is 0 Å². The predicted octanol–water partition coefficient (Wildman–Crippen LogP) is 3.44. The quantitative estimate of drug-likeness (QED) is 0.373. The molecule has 0 aliphatic carbocycles. The van der Waals surface area contributed by atoms with Crippen molar-refractivity contribution in [2.75, 3.05) is 0 Å². The number of rotatable bonds is 0. The average Bonchev–Trinajstić information content (AvgIpc) is 2.94. The van der Waals surface area contributed by atoms with Crippen molar-refractivity contribution in [3.05, 3.63) is 81.2 Å². The third-order valence-corrected chi connectivity index (χ3v) is 4.92. The van der Waals surface area contributed by atoms with Gasteiger partial charge in [0.2, 0.25) is 0 Å². The molecule has 0 atom stereocenters. The molecule has 0 N–H and O–H groups in total. The number of nitrogens with zero attached hydrogens (tertiary/aromatic N) is 10. The number of fused-ring (bicyclic) bond motifs is 2. The first-order chi connectivity index (χ1) is 17.5. The molecule has 0 saturated heterocycles. The van der Waals surface area contributed by atoms with Crippen molar-refractivity contribution in [3.63, 3.8) is 0 Å². The third-order valence-electron chi connectivity index (χ3n) is 4.92. The van der Waals surface area contributed by atoms with Gasteiger partial charge in [-0.25, -0.2) is 9.97 Å². The lowest BCUT2D eigenvalue weighted by Crippen LogP contribution is -1.98. The second kappa shape index (κ2) is 10.2. The van der Waals surface area contributed by atoms with E-state index in [1.807, 2.05) is 36.4 Å². The van der Waals surface area contributed by atoms with Crippen LogP contribution in [-0.4, -0.2) is 9.97 Å². The van der Waals surface area contributed by atoms with Crippen LogP contribution in [0.25, 0.3) is 21.8 Å². The first-order valence-corrected chi connectivity index (χ1v) is 9.67. The van der Waals surface area contributed by atoms with E-state index in [0.717, 1.165) is 0 Å². The highest BCUT2D eigenvalue weighted by Gasteiger charge is 2.17. The largest absolute Gasteiger partial charge is 0.236 e. The number of benzene rings is 2. The van der Waals surface area contributed by atoms with E-state index in [1.165, 1.54) is 18.2 Å². The van der Waals surface area contributed by atoms with Gasteiger partial charge in [-0.1, -0.05) is 6.07 Å². The van der Waals surface area contributed by atoms with Crippen molar-refractivity contribution in [1.29, 1.82) is 42.1 Å². The number of nitriles is 8. The van der Waals surface area contributed by atoms with Crippen LogP contribution in [0, 0.1) is 90.6 Å². The van der Waals surface area contributed by atoms with Crippen LogP contribution in [-0.2, 0) is 0 Å². The number of hydrogen-bond acceptors (Lipinski definition) is 10. The Morgan fingerprint density at radius 1 is 0.472 bits per heavy atom. The standard InChI is InChI=1S/2C13H3N5/c14-4-8-1-2-12-10(11(8)6-16)3-9(5-15)13(7-17)18-12;14-4-8-2-1-3-11-13(8)10(6-16)9(5-15)12(7-17)18-11/h2*1-3H. The van der Waals surface area contributed by atoms with Crippen LogP contribution in [0.5, 0.6) is 0 Å². The van der Waals surface area contributed by atoms with Gasteiger partial charge in [0.25, 0.3) is 0 Å². The summed E-state index contributed by atoms with van der Waals surface area (Å²) >= 11 is 0. The molecule has 2 aromatic carbocycles. The molecule has 0 aliphatic rings. The smallest absolute Gasteiger partial charge is 0.160 e. The molecule has 0 spiro atoms. The van der Waals surface area contributed by atoms with E-state index in [4.69, 9.17) is 42.1 Å². The topological polar surface area (TPSA) is 216 Å². The monoisotopic (exact) mass is 458 g/mol. The minimum Gasteiger partial charge on any atom is -0.236 e. The molecule has 2 aromatic heterocycles. The molecule has 0 unspecified atom stereocenters. The molecule has 0 fully saturated rings. The summed E-state index contributed by atoms with van der Waals surface area (Å²) in [5.41, 5.74) is 1.38. The summed E-state index contributed by atoms with van der Waals surface area (Å²) in [6.07, 6.45) is 0. The Morgan fingerprint density at radius 2 is 1.08 bits per heavy atom. The summed E-state index contributed by atoms with van der Waals surface area (Å²) in [6.45, 7) is 0. The van der Waals surface area contributed by atoms with E-state index in [0.29, 0.717) is 21.8 Å². The minimum atomic E-state index is -0.100. The first-order valence-electron chi connectivity index (χ1n) is 9.67. The van der Waals surface area contributed by atoms with E-state index >= 15 is 0 Å². The summed E-state index contributed by atoms with van der Waals surface area (Å²) in [4.78, 5) is 8.00. The molecule has 0 bridgehead atoms. The molecule has 10 nitrogen and oxygen atoms in total. The Hall–Kier alpha value is -6.82. The van der Waals surface area contributed by atoms with Gasteiger partial charge < -0.3 is 0 Å². The summed E-state index contributed by atoms with van der Waals surface area (Å²) in [6, 6.07) is 24.1. The van der Waals surface area contributed by atoms with Crippen LogP contribution in [0.3, 0.4) is 0 Å². The normalized spacial score (nSPS) is 8.89. The van der Waals surface area contributed by atoms with Gasteiger partial charge in [-0.3, -0.25) is 0 Å².